The van der Waals surface area contributed by atoms with Crippen LogP contribution in [0.3, 0.4) is 0 Å². The Labute approximate surface area is 186 Å². The van der Waals surface area contributed by atoms with Gasteiger partial charge in [0, 0.05) is 25.3 Å². The zero-order chi connectivity index (χ0) is 23.0. The van der Waals surface area contributed by atoms with Gasteiger partial charge in [0.2, 0.25) is 15.9 Å². The van der Waals surface area contributed by atoms with Crippen LogP contribution in [0.5, 0.6) is 5.75 Å². The summed E-state index contributed by atoms with van der Waals surface area (Å²) in [6.07, 6.45) is 0. The standard InChI is InChI=1S/C23H33N3O4S/c1-6-26(7-2)31(28,29)22-17-20(14-13-18(22)3)24-23(27)19(4)25(5)15-16-30-21-11-9-8-10-12-21/h8-14,17,19H,6-7,15-16H2,1-5H3,(H,24,27). The number of para-hydroxylation sites is 1. The number of hydrogen-bond acceptors (Lipinski definition) is 5. The van der Waals surface area contributed by atoms with E-state index < -0.39 is 16.1 Å². The van der Waals surface area contributed by atoms with E-state index >= 15 is 0 Å². The van der Waals surface area contributed by atoms with Gasteiger partial charge in [0.1, 0.15) is 12.4 Å². The molecule has 1 amide bonds. The molecule has 2 aromatic carbocycles. The summed E-state index contributed by atoms with van der Waals surface area (Å²) in [7, 11) is -1.76. The molecule has 1 atom stereocenters. The van der Waals surface area contributed by atoms with E-state index in [1.165, 1.54) is 10.4 Å². The number of nitrogens with zero attached hydrogens (tertiary/aromatic N) is 2. The van der Waals surface area contributed by atoms with Crippen molar-refractivity contribution < 1.29 is 17.9 Å². The molecule has 0 spiro atoms. The fourth-order valence-electron chi connectivity index (χ4n) is 3.12. The number of carbonyl (C=O) groups excluding carboxylic acids is 1. The molecule has 0 aromatic heterocycles. The summed E-state index contributed by atoms with van der Waals surface area (Å²) >= 11 is 0. The number of carbonyl (C=O) groups is 1. The average Bonchev–Trinajstić information content (AvgIpc) is 2.75. The molecule has 1 unspecified atom stereocenters. The minimum Gasteiger partial charge on any atom is -0.492 e. The van der Waals surface area contributed by atoms with Gasteiger partial charge >= 0.3 is 0 Å². The van der Waals surface area contributed by atoms with Crippen molar-refractivity contribution in [2.45, 2.75) is 38.6 Å². The van der Waals surface area contributed by atoms with Crippen LogP contribution in [0.15, 0.2) is 53.4 Å². The van der Waals surface area contributed by atoms with Crippen molar-refractivity contribution in [2.75, 3.05) is 38.6 Å². The molecule has 31 heavy (non-hydrogen) atoms. The predicted molar refractivity (Wildman–Crippen MR) is 124 cm³/mol. The molecule has 0 aliphatic rings. The molecule has 0 aliphatic heterocycles. The van der Waals surface area contributed by atoms with Crippen LogP contribution in [0.25, 0.3) is 0 Å². The molecular formula is C23H33N3O4S. The molecule has 2 rings (SSSR count). The maximum Gasteiger partial charge on any atom is 0.243 e. The highest BCUT2D eigenvalue weighted by atomic mass is 32.2. The maximum absolute atomic E-state index is 12.9. The van der Waals surface area contributed by atoms with Gasteiger partial charge < -0.3 is 10.1 Å². The van der Waals surface area contributed by atoms with Crippen molar-refractivity contribution in [1.82, 2.24) is 9.21 Å². The normalized spacial score (nSPS) is 12.7. The molecular weight excluding hydrogens is 414 g/mol. The van der Waals surface area contributed by atoms with E-state index in [-0.39, 0.29) is 10.8 Å². The lowest BCUT2D eigenvalue weighted by Crippen LogP contribution is -2.41. The van der Waals surface area contributed by atoms with Crippen molar-refractivity contribution in [3.8, 4) is 5.75 Å². The molecule has 1 N–H and O–H groups in total. The lowest BCUT2D eigenvalue weighted by atomic mass is 10.2. The van der Waals surface area contributed by atoms with E-state index in [0.29, 0.717) is 37.5 Å². The first-order valence-electron chi connectivity index (χ1n) is 10.5. The third-order valence-electron chi connectivity index (χ3n) is 5.28. The molecule has 8 heteroatoms. The summed E-state index contributed by atoms with van der Waals surface area (Å²) in [5, 5.41) is 2.84. The number of ether oxygens (including phenoxy) is 1. The number of nitrogens with one attached hydrogen (secondary N) is 1. The van der Waals surface area contributed by atoms with E-state index in [2.05, 4.69) is 5.32 Å². The van der Waals surface area contributed by atoms with Gasteiger partial charge in [-0.3, -0.25) is 9.69 Å². The number of rotatable bonds is 11. The van der Waals surface area contributed by atoms with Crippen LogP contribution in [0.4, 0.5) is 5.69 Å². The number of sulfonamides is 1. The quantitative estimate of drug-likeness (QED) is 0.571. The zero-order valence-corrected chi connectivity index (χ0v) is 19.8. The maximum atomic E-state index is 12.9. The predicted octanol–water partition coefficient (Wildman–Crippen LogP) is 3.36. The largest absolute Gasteiger partial charge is 0.492 e. The summed E-state index contributed by atoms with van der Waals surface area (Å²) in [6.45, 7) is 8.98. The second-order valence-electron chi connectivity index (χ2n) is 7.38. The summed E-state index contributed by atoms with van der Waals surface area (Å²) < 4.78 is 32.9. The third-order valence-corrected chi connectivity index (χ3v) is 7.47. The SMILES string of the molecule is CCN(CC)S(=O)(=O)c1cc(NC(=O)C(C)N(C)CCOc2ccccc2)ccc1C. The van der Waals surface area contributed by atoms with Crippen molar-refractivity contribution in [2.24, 2.45) is 0 Å². The smallest absolute Gasteiger partial charge is 0.243 e. The Balaban J connectivity index is 2.02. The molecule has 7 nitrogen and oxygen atoms in total. The van der Waals surface area contributed by atoms with Gasteiger partial charge in [0.05, 0.1) is 10.9 Å². The highest BCUT2D eigenvalue weighted by Crippen LogP contribution is 2.24. The number of aryl methyl sites for hydroxylation is 1. The minimum absolute atomic E-state index is 0.211. The van der Waals surface area contributed by atoms with Gasteiger partial charge in [0.25, 0.3) is 0 Å². The monoisotopic (exact) mass is 447 g/mol. The number of hydrogen-bond donors (Lipinski definition) is 1. The van der Waals surface area contributed by atoms with E-state index in [1.807, 2.05) is 42.3 Å². The van der Waals surface area contributed by atoms with Gasteiger partial charge in [-0.05, 0) is 50.7 Å². The summed E-state index contributed by atoms with van der Waals surface area (Å²) in [5.74, 6) is 0.576. The van der Waals surface area contributed by atoms with Gasteiger partial charge in [-0.2, -0.15) is 4.31 Å². The number of benzene rings is 2. The van der Waals surface area contributed by atoms with Crippen molar-refractivity contribution in [3.05, 3.63) is 54.1 Å². The van der Waals surface area contributed by atoms with Gasteiger partial charge in [0.15, 0.2) is 0 Å². The van der Waals surface area contributed by atoms with Crippen LogP contribution in [0, 0.1) is 6.92 Å². The number of likely N-dealkylation sites (N-methyl/N-ethyl adjacent to an activating group) is 1. The fourth-order valence-corrected chi connectivity index (χ4v) is 4.83. The van der Waals surface area contributed by atoms with E-state index in [1.54, 1.807) is 39.8 Å². The highest BCUT2D eigenvalue weighted by Gasteiger charge is 2.25. The van der Waals surface area contributed by atoms with Crippen LogP contribution in [0.2, 0.25) is 0 Å². The Kier molecular flexibility index (Phi) is 9.03. The molecule has 170 valence electrons. The fraction of sp³-hybridized carbons (Fsp3) is 0.435. The van der Waals surface area contributed by atoms with Crippen molar-refractivity contribution >= 4 is 21.6 Å². The second-order valence-corrected chi connectivity index (χ2v) is 9.28. The molecule has 2 aromatic rings. The first-order valence-corrected chi connectivity index (χ1v) is 11.9. The summed E-state index contributed by atoms with van der Waals surface area (Å²) in [5.41, 5.74) is 1.11. The molecule has 0 radical (unpaired) electrons. The second kappa shape index (κ2) is 11.3. The Morgan fingerprint density at radius 3 is 2.35 bits per heavy atom. The lowest BCUT2D eigenvalue weighted by Gasteiger charge is -2.24. The lowest BCUT2D eigenvalue weighted by molar-refractivity contribution is -0.120. The van der Waals surface area contributed by atoms with Crippen molar-refractivity contribution in [1.29, 1.82) is 0 Å². The number of anilines is 1. The van der Waals surface area contributed by atoms with Crippen LogP contribution < -0.4 is 10.1 Å². The molecule has 0 aliphatic carbocycles. The van der Waals surface area contributed by atoms with E-state index in [4.69, 9.17) is 4.74 Å². The average molecular weight is 448 g/mol. The first kappa shape index (κ1) is 24.8. The minimum atomic E-state index is -3.61. The van der Waals surface area contributed by atoms with Gasteiger partial charge in [-0.25, -0.2) is 8.42 Å². The first-order chi connectivity index (χ1) is 14.7. The molecule has 0 bridgehead atoms. The van der Waals surface area contributed by atoms with Crippen LogP contribution in [0.1, 0.15) is 26.3 Å². The highest BCUT2D eigenvalue weighted by molar-refractivity contribution is 7.89. The third kappa shape index (κ3) is 6.53. The molecule has 0 saturated heterocycles. The zero-order valence-electron chi connectivity index (χ0n) is 19.0. The number of amides is 1. The van der Waals surface area contributed by atoms with Gasteiger partial charge in [-0.1, -0.05) is 38.1 Å². The Morgan fingerprint density at radius 1 is 1.10 bits per heavy atom. The molecule has 0 heterocycles. The van der Waals surface area contributed by atoms with E-state index in [9.17, 15) is 13.2 Å². The molecule has 0 saturated carbocycles. The Bertz CT molecular complexity index is 960. The van der Waals surface area contributed by atoms with Crippen molar-refractivity contribution in [3.63, 3.8) is 0 Å². The Morgan fingerprint density at radius 2 is 1.74 bits per heavy atom. The summed E-state index contributed by atoms with van der Waals surface area (Å²) in [6, 6.07) is 14.1. The topological polar surface area (TPSA) is 79.0 Å². The summed E-state index contributed by atoms with van der Waals surface area (Å²) in [4.78, 5) is 14.8. The Hall–Kier alpha value is -2.42. The van der Waals surface area contributed by atoms with Crippen LogP contribution in [-0.2, 0) is 14.8 Å². The van der Waals surface area contributed by atoms with Gasteiger partial charge in [-0.15, -0.1) is 0 Å². The van der Waals surface area contributed by atoms with Crippen LogP contribution >= 0.6 is 0 Å². The molecule has 0 fully saturated rings. The van der Waals surface area contributed by atoms with Crippen LogP contribution in [-0.4, -0.2) is 62.9 Å². The van der Waals surface area contributed by atoms with E-state index in [0.717, 1.165) is 5.75 Å².